The fourth-order valence-electron chi connectivity index (χ4n) is 1.85. The van der Waals surface area contributed by atoms with E-state index in [1.54, 1.807) is 24.3 Å². The Kier molecular flexibility index (Phi) is 8.29. The van der Waals surface area contributed by atoms with Crippen LogP contribution in [0.15, 0.2) is 24.3 Å². The Morgan fingerprint density at radius 2 is 1.86 bits per heavy atom. The van der Waals surface area contributed by atoms with E-state index in [0.717, 1.165) is 34.9 Å². The summed E-state index contributed by atoms with van der Waals surface area (Å²) in [6.07, 6.45) is 3.93. The summed E-state index contributed by atoms with van der Waals surface area (Å²) in [5.74, 6) is -1.00. The number of hydrogen-bond donors (Lipinski definition) is 3. The quantitative estimate of drug-likeness (QED) is 0.335. The first-order valence-electron chi connectivity index (χ1n) is 6.96. The van der Waals surface area contributed by atoms with Crippen molar-refractivity contribution in [3.8, 4) is 0 Å². The summed E-state index contributed by atoms with van der Waals surface area (Å²) in [7, 11) is 0. The Bertz CT molecular complexity index is 462. The Morgan fingerprint density at radius 1 is 1.19 bits per heavy atom. The zero-order chi connectivity index (χ0) is 15.7. The molecule has 1 unspecified atom stereocenters. The first-order chi connectivity index (χ1) is 10.0. The third kappa shape index (κ3) is 7.42. The average Bonchev–Trinajstić information content (AvgIpc) is 2.45. The van der Waals surface area contributed by atoms with Crippen LogP contribution >= 0.6 is 22.6 Å². The normalized spacial score (nSPS) is 11.9. The molecule has 0 fully saturated rings. The van der Waals surface area contributed by atoms with Gasteiger partial charge in [-0.2, -0.15) is 0 Å². The van der Waals surface area contributed by atoms with Crippen LogP contribution in [0.5, 0.6) is 0 Å². The number of nitrogens with one attached hydrogen (secondary N) is 1. The fraction of sp³-hybridized carbons (Fsp3) is 0.467. The molecule has 6 heteroatoms. The van der Waals surface area contributed by atoms with Crippen LogP contribution in [0.2, 0.25) is 0 Å². The van der Waals surface area contributed by atoms with Crippen LogP contribution < -0.4 is 11.1 Å². The molecule has 0 spiro atoms. The smallest absolute Gasteiger partial charge is 0.320 e. The molecule has 1 aromatic carbocycles. The van der Waals surface area contributed by atoms with Gasteiger partial charge >= 0.3 is 5.97 Å². The van der Waals surface area contributed by atoms with E-state index in [2.05, 4.69) is 27.9 Å². The second-order valence-electron chi connectivity index (χ2n) is 4.89. The number of carboxylic acids is 1. The van der Waals surface area contributed by atoms with Crippen LogP contribution in [-0.2, 0) is 16.0 Å². The molecule has 0 bridgehead atoms. The fourth-order valence-corrected chi connectivity index (χ4v) is 2.39. The number of unbranched alkanes of at least 4 members (excludes halogenated alkanes) is 2. The number of halogens is 1. The highest BCUT2D eigenvalue weighted by molar-refractivity contribution is 14.1. The van der Waals surface area contributed by atoms with E-state index in [9.17, 15) is 9.59 Å². The van der Waals surface area contributed by atoms with E-state index in [1.165, 1.54) is 0 Å². The highest BCUT2D eigenvalue weighted by Crippen LogP contribution is 2.12. The molecule has 0 saturated carbocycles. The largest absolute Gasteiger partial charge is 0.480 e. The van der Waals surface area contributed by atoms with Gasteiger partial charge in [0.1, 0.15) is 6.04 Å². The lowest BCUT2D eigenvalue weighted by atomic mass is 10.1. The summed E-state index contributed by atoms with van der Waals surface area (Å²) in [6.45, 7) is 0. The van der Waals surface area contributed by atoms with Gasteiger partial charge in [0.15, 0.2) is 0 Å². The number of hydrogen-bond acceptors (Lipinski definition) is 3. The Balaban J connectivity index is 2.40. The lowest BCUT2D eigenvalue weighted by molar-refractivity contribution is -0.138. The average molecular weight is 404 g/mol. The van der Waals surface area contributed by atoms with Crippen LogP contribution in [0.4, 0.5) is 5.69 Å². The van der Waals surface area contributed by atoms with Gasteiger partial charge in [-0.3, -0.25) is 9.59 Å². The molecular weight excluding hydrogens is 383 g/mol. The van der Waals surface area contributed by atoms with Gasteiger partial charge in [-0.25, -0.2) is 0 Å². The highest BCUT2D eigenvalue weighted by atomic mass is 127. The Morgan fingerprint density at radius 3 is 2.43 bits per heavy atom. The molecule has 0 heterocycles. The zero-order valence-electron chi connectivity index (χ0n) is 11.8. The molecule has 1 rings (SSSR count). The molecule has 0 aliphatic carbocycles. The predicted octanol–water partition coefficient (Wildman–Crippen LogP) is 2.57. The minimum atomic E-state index is -1.01. The third-order valence-corrected chi connectivity index (χ3v) is 3.81. The first kappa shape index (κ1) is 17.9. The van der Waals surface area contributed by atoms with Crippen LogP contribution in [0.3, 0.4) is 0 Å². The maximum absolute atomic E-state index is 11.7. The summed E-state index contributed by atoms with van der Waals surface area (Å²) in [5.41, 5.74) is 7.04. The van der Waals surface area contributed by atoms with E-state index >= 15 is 0 Å². The Labute approximate surface area is 138 Å². The molecule has 1 atom stereocenters. The molecule has 4 N–H and O–H groups in total. The number of aliphatic carboxylic acids is 1. The molecule has 116 valence electrons. The first-order valence-corrected chi connectivity index (χ1v) is 8.48. The molecule has 0 radical (unpaired) electrons. The standard InChI is InChI=1S/C15H21IN2O3/c16-9-3-1-2-4-14(19)18-12-7-5-11(6-8-12)10-13(17)15(20)21/h5-8,13H,1-4,9-10,17H2,(H,18,19)(H,20,21). The molecule has 0 aliphatic heterocycles. The van der Waals surface area contributed by atoms with Crippen LogP contribution in [0.25, 0.3) is 0 Å². The zero-order valence-corrected chi connectivity index (χ0v) is 14.0. The molecule has 1 aromatic rings. The minimum absolute atomic E-state index is 0.0124. The van der Waals surface area contributed by atoms with E-state index in [-0.39, 0.29) is 12.3 Å². The molecule has 21 heavy (non-hydrogen) atoms. The van der Waals surface area contributed by atoms with E-state index in [1.807, 2.05) is 0 Å². The molecule has 0 aliphatic rings. The second kappa shape index (κ2) is 9.73. The van der Waals surface area contributed by atoms with E-state index in [0.29, 0.717) is 6.42 Å². The van der Waals surface area contributed by atoms with Crippen LogP contribution in [-0.4, -0.2) is 27.5 Å². The number of carboxylic acid groups (broad SMARTS) is 1. The number of amides is 1. The van der Waals surface area contributed by atoms with Crippen molar-refractivity contribution < 1.29 is 14.7 Å². The van der Waals surface area contributed by atoms with Gasteiger partial charge in [0.05, 0.1) is 0 Å². The van der Waals surface area contributed by atoms with Gasteiger partial charge in [-0.1, -0.05) is 41.1 Å². The van der Waals surface area contributed by atoms with Crippen molar-refractivity contribution in [2.75, 3.05) is 9.74 Å². The number of anilines is 1. The van der Waals surface area contributed by atoms with Crippen LogP contribution in [0.1, 0.15) is 31.2 Å². The second-order valence-corrected chi connectivity index (χ2v) is 5.97. The van der Waals surface area contributed by atoms with Crippen molar-refractivity contribution in [3.63, 3.8) is 0 Å². The number of alkyl halides is 1. The van der Waals surface area contributed by atoms with Gasteiger partial charge in [-0.05, 0) is 41.4 Å². The van der Waals surface area contributed by atoms with Crippen molar-refractivity contribution in [2.45, 2.75) is 38.1 Å². The maximum Gasteiger partial charge on any atom is 0.320 e. The predicted molar refractivity (Wildman–Crippen MR) is 91.7 cm³/mol. The van der Waals surface area contributed by atoms with E-state index < -0.39 is 12.0 Å². The number of carbonyl (C=O) groups excluding carboxylic acids is 1. The lowest BCUT2D eigenvalue weighted by Gasteiger charge is -2.08. The van der Waals surface area contributed by atoms with Crippen molar-refractivity contribution in [1.29, 1.82) is 0 Å². The lowest BCUT2D eigenvalue weighted by Crippen LogP contribution is -2.32. The summed E-state index contributed by atoms with van der Waals surface area (Å²) < 4.78 is 1.12. The van der Waals surface area contributed by atoms with Crippen molar-refractivity contribution in [3.05, 3.63) is 29.8 Å². The number of benzene rings is 1. The minimum Gasteiger partial charge on any atom is -0.480 e. The van der Waals surface area contributed by atoms with Crippen molar-refractivity contribution in [1.82, 2.24) is 0 Å². The number of carbonyl (C=O) groups is 2. The van der Waals surface area contributed by atoms with Gasteiger partial charge in [0.25, 0.3) is 0 Å². The van der Waals surface area contributed by atoms with Gasteiger partial charge in [0.2, 0.25) is 5.91 Å². The van der Waals surface area contributed by atoms with Gasteiger partial charge in [0, 0.05) is 12.1 Å². The molecular formula is C15H21IN2O3. The Hall–Kier alpha value is -1.15. The summed E-state index contributed by atoms with van der Waals surface area (Å²) in [6, 6.07) is 6.21. The third-order valence-electron chi connectivity index (χ3n) is 3.05. The van der Waals surface area contributed by atoms with Crippen LogP contribution in [0, 0.1) is 0 Å². The van der Waals surface area contributed by atoms with Crippen molar-refractivity contribution in [2.24, 2.45) is 5.73 Å². The highest BCUT2D eigenvalue weighted by Gasteiger charge is 2.11. The topological polar surface area (TPSA) is 92.4 Å². The van der Waals surface area contributed by atoms with Crippen molar-refractivity contribution >= 4 is 40.2 Å². The van der Waals surface area contributed by atoms with Gasteiger partial charge in [-0.15, -0.1) is 0 Å². The summed E-state index contributed by atoms with van der Waals surface area (Å²) >= 11 is 2.33. The molecule has 0 saturated heterocycles. The summed E-state index contributed by atoms with van der Waals surface area (Å²) in [5, 5.41) is 11.6. The molecule has 1 amide bonds. The molecule has 5 nitrogen and oxygen atoms in total. The SMILES string of the molecule is NC(Cc1ccc(NC(=O)CCCCCI)cc1)C(=O)O. The maximum atomic E-state index is 11.7. The van der Waals surface area contributed by atoms with E-state index in [4.69, 9.17) is 10.8 Å². The number of nitrogens with two attached hydrogens (primary N) is 1. The monoisotopic (exact) mass is 404 g/mol. The number of rotatable bonds is 9. The molecule has 0 aromatic heterocycles. The van der Waals surface area contributed by atoms with Gasteiger partial charge < -0.3 is 16.2 Å². The summed E-state index contributed by atoms with van der Waals surface area (Å²) in [4.78, 5) is 22.4.